The first kappa shape index (κ1) is 19.5. The quantitative estimate of drug-likeness (QED) is 0.711. The van der Waals surface area contributed by atoms with Crippen molar-refractivity contribution in [3.8, 4) is 0 Å². The largest absolute Gasteiger partial charge is 0.471 e. The molecule has 1 fully saturated rings. The van der Waals surface area contributed by atoms with Crippen LogP contribution in [0.2, 0.25) is 0 Å². The highest BCUT2D eigenvalue weighted by molar-refractivity contribution is 5.88. The van der Waals surface area contributed by atoms with Crippen LogP contribution in [0.4, 0.5) is 13.2 Å². The number of carbonyl (C=O) groups excluding carboxylic acids is 2. The van der Waals surface area contributed by atoms with E-state index in [-0.39, 0.29) is 37.5 Å². The zero-order valence-corrected chi connectivity index (χ0v) is 14.9. The van der Waals surface area contributed by atoms with E-state index in [0.29, 0.717) is 0 Å². The molecule has 1 aliphatic heterocycles. The van der Waals surface area contributed by atoms with Crippen LogP contribution in [0.3, 0.4) is 0 Å². The fourth-order valence-electron chi connectivity index (χ4n) is 3.58. The van der Waals surface area contributed by atoms with Crippen molar-refractivity contribution in [3.63, 3.8) is 0 Å². The average molecular weight is 358 g/mol. The van der Waals surface area contributed by atoms with Crippen molar-refractivity contribution < 1.29 is 22.8 Å². The third-order valence-corrected chi connectivity index (χ3v) is 5.06. The Labute approximate surface area is 146 Å². The zero-order valence-electron chi connectivity index (χ0n) is 14.9. The second kappa shape index (κ2) is 7.22. The number of hydrogen-bond donors (Lipinski definition) is 0. The monoisotopic (exact) mass is 358 g/mol. The predicted octanol–water partition coefficient (Wildman–Crippen LogP) is 3.30. The van der Waals surface area contributed by atoms with Crippen molar-refractivity contribution in [1.82, 2.24) is 9.80 Å². The minimum atomic E-state index is -4.86. The molecule has 1 saturated heterocycles. The summed E-state index contributed by atoms with van der Waals surface area (Å²) >= 11 is 0. The third kappa shape index (κ3) is 4.64. The SMILES string of the molecule is CC1=C(C=CC(=O)N2CCN(C(=O)C(F)(F)F)CC2)C(C)(C)CCC1. The van der Waals surface area contributed by atoms with Gasteiger partial charge in [-0.2, -0.15) is 13.2 Å². The van der Waals surface area contributed by atoms with Crippen LogP contribution in [0, 0.1) is 5.41 Å². The van der Waals surface area contributed by atoms with Crippen molar-refractivity contribution in [2.45, 2.75) is 46.2 Å². The highest BCUT2D eigenvalue weighted by Gasteiger charge is 2.43. The molecule has 1 aliphatic carbocycles. The standard InChI is InChI=1S/C18H25F3N2O2/c1-13-5-4-8-17(2,3)14(13)6-7-15(24)22-9-11-23(12-10-22)16(25)18(19,20)21/h6-7H,4-5,8-12H2,1-3H3. The van der Waals surface area contributed by atoms with E-state index in [4.69, 9.17) is 0 Å². The predicted molar refractivity (Wildman–Crippen MR) is 88.7 cm³/mol. The summed E-state index contributed by atoms with van der Waals surface area (Å²) in [5.41, 5.74) is 2.47. The Morgan fingerprint density at radius 1 is 1.08 bits per heavy atom. The van der Waals surface area contributed by atoms with Crippen LogP contribution < -0.4 is 0 Å². The van der Waals surface area contributed by atoms with Crippen molar-refractivity contribution >= 4 is 11.8 Å². The smallest absolute Gasteiger partial charge is 0.336 e. The average Bonchev–Trinajstić information content (AvgIpc) is 2.52. The molecule has 2 aliphatic rings. The number of piperazine rings is 1. The highest BCUT2D eigenvalue weighted by Crippen LogP contribution is 2.40. The van der Waals surface area contributed by atoms with Gasteiger partial charge in [-0.1, -0.05) is 25.5 Å². The van der Waals surface area contributed by atoms with Gasteiger partial charge in [-0.25, -0.2) is 0 Å². The van der Waals surface area contributed by atoms with E-state index >= 15 is 0 Å². The summed E-state index contributed by atoms with van der Waals surface area (Å²) in [6.07, 6.45) is 1.73. The van der Waals surface area contributed by atoms with Gasteiger partial charge in [-0.15, -0.1) is 0 Å². The maximum Gasteiger partial charge on any atom is 0.471 e. The molecule has 0 aromatic heterocycles. The van der Waals surface area contributed by atoms with Gasteiger partial charge in [-0.05, 0) is 37.2 Å². The Bertz CT molecular complexity index is 598. The van der Waals surface area contributed by atoms with E-state index in [1.807, 2.05) is 6.08 Å². The molecule has 25 heavy (non-hydrogen) atoms. The minimum absolute atomic E-state index is 0.0247. The second-order valence-electron chi connectivity index (χ2n) is 7.38. The van der Waals surface area contributed by atoms with E-state index in [9.17, 15) is 22.8 Å². The Morgan fingerprint density at radius 2 is 1.64 bits per heavy atom. The first-order chi connectivity index (χ1) is 11.5. The van der Waals surface area contributed by atoms with E-state index in [1.54, 1.807) is 0 Å². The van der Waals surface area contributed by atoms with Crippen molar-refractivity contribution in [3.05, 3.63) is 23.3 Å². The van der Waals surface area contributed by atoms with Gasteiger partial charge in [0.05, 0.1) is 0 Å². The van der Waals surface area contributed by atoms with Crippen LogP contribution in [0.25, 0.3) is 0 Å². The zero-order chi connectivity index (χ0) is 18.8. The third-order valence-electron chi connectivity index (χ3n) is 5.06. The molecule has 0 aromatic carbocycles. The Kier molecular flexibility index (Phi) is 5.64. The highest BCUT2D eigenvalue weighted by atomic mass is 19.4. The number of rotatable bonds is 2. The Balaban J connectivity index is 1.96. The number of alkyl halides is 3. The number of carbonyl (C=O) groups is 2. The van der Waals surface area contributed by atoms with Crippen LogP contribution in [0.15, 0.2) is 23.3 Å². The van der Waals surface area contributed by atoms with E-state index < -0.39 is 12.1 Å². The summed E-state index contributed by atoms with van der Waals surface area (Å²) in [5.74, 6) is -2.05. The molecule has 0 N–H and O–H groups in total. The summed E-state index contributed by atoms with van der Waals surface area (Å²) in [7, 11) is 0. The maximum atomic E-state index is 12.4. The normalized spacial score (nSPS) is 21.8. The van der Waals surface area contributed by atoms with Crippen LogP contribution in [0.1, 0.15) is 40.0 Å². The Morgan fingerprint density at radius 3 is 2.16 bits per heavy atom. The lowest BCUT2D eigenvalue weighted by molar-refractivity contribution is -0.187. The molecule has 0 unspecified atom stereocenters. The van der Waals surface area contributed by atoms with Crippen LogP contribution in [-0.4, -0.2) is 54.0 Å². The first-order valence-electron chi connectivity index (χ1n) is 8.56. The van der Waals surface area contributed by atoms with E-state index in [1.165, 1.54) is 16.5 Å². The maximum absolute atomic E-state index is 12.4. The molecule has 1 heterocycles. The van der Waals surface area contributed by atoms with Gasteiger partial charge in [0, 0.05) is 32.3 Å². The molecule has 0 bridgehead atoms. The summed E-state index contributed by atoms with van der Waals surface area (Å²) in [4.78, 5) is 25.8. The molecule has 2 amide bonds. The van der Waals surface area contributed by atoms with Gasteiger partial charge in [-0.3, -0.25) is 9.59 Å². The lowest BCUT2D eigenvalue weighted by Crippen LogP contribution is -2.53. The molecule has 0 spiro atoms. The number of hydrogen-bond acceptors (Lipinski definition) is 2. The molecule has 140 valence electrons. The minimum Gasteiger partial charge on any atom is -0.336 e. The molecule has 0 atom stereocenters. The van der Waals surface area contributed by atoms with E-state index in [2.05, 4.69) is 20.8 Å². The van der Waals surface area contributed by atoms with Crippen molar-refractivity contribution in [1.29, 1.82) is 0 Å². The molecule has 0 radical (unpaired) electrons. The second-order valence-corrected chi connectivity index (χ2v) is 7.38. The molecule has 2 rings (SSSR count). The number of halogens is 3. The van der Waals surface area contributed by atoms with Gasteiger partial charge in [0.1, 0.15) is 0 Å². The molecule has 4 nitrogen and oxygen atoms in total. The first-order valence-corrected chi connectivity index (χ1v) is 8.56. The molecular weight excluding hydrogens is 333 g/mol. The number of amides is 2. The molecule has 7 heteroatoms. The van der Waals surface area contributed by atoms with Crippen LogP contribution in [0.5, 0.6) is 0 Å². The lowest BCUT2D eigenvalue weighted by atomic mass is 9.72. The fourth-order valence-corrected chi connectivity index (χ4v) is 3.58. The topological polar surface area (TPSA) is 40.6 Å². The summed E-state index contributed by atoms with van der Waals surface area (Å²) in [6.45, 7) is 6.43. The van der Waals surface area contributed by atoms with Crippen molar-refractivity contribution in [2.75, 3.05) is 26.2 Å². The summed E-state index contributed by atoms with van der Waals surface area (Å²) in [5, 5.41) is 0. The number of allylic oxidation sites excluding steroid dienone is 3. The van der Waals surface area contributed by atoms with Gasteiger partial charge in [0.15, 0.2) is 0 Å². The van der Waals surface area contributed by atoms with Gasteiger partial charge in [0.2, 0.25) is 5.91 Å². The molecule has 0 aromatic rings. The van der Waals surface area contributed by atoms with Crippen LogP contribution >= 0.6 is 0 Å². The summed E-state index contributed by atoms with van der Waals surface area (Å²) < 4.78 is 37.3. The number of nitrogens with zero attached hydrogens (tertiary/aromatic N) is 2. The van der Waals surface area contributed by atoms with Gasteiger partial charge >= 0.3 is 12.1 Å². The lowest BCUT2D eigenvalue weighted by Gasteiger charge is -2.35. The van der Waals surface area contributed by atoms with Crippen molar-refractivity contribution in [2.24, 2.45) is 5.41 Å². The molecule has 0 saturated carbocycles. The van der Waals surface area contributed by atoms with Gasteiger partial charge in [0.25, 0.3) is 0 Å². The van der Waals surface area contributed by atoms with E-state index in [0.717, 1.165) is 29.7 Å². The molecular formula is C18H25F3N2O2. The fraction of sp³-hybridized carbons (Fsp3) is 0.667. The summed E-state index contributed by atoms with van der Waals surface area (Å²) in [6, 6.07) is 0. The Hall–Kier alpha value is -1.79. The van der Waals surface area contributed by atoms with Crippen LogP contribution in [-0.2, 0) is 9.59 Å². The van der Waals surface area contributed by atoms with Gasteiger partial charge < -0.3 is 9.80 Å².